The second-order valence-corrected chi connectivity index (χ2v) is 11.4. The molecule has 0 fully saturated rings. The van der Waals surface area contributed by atoms with Crippen LogP contribution in [0, 0.1) is 22.7 Å². The van der Waals surface area contributed by atoms with Gasteiger partial charge in [0.15, 0.2) is 5.11 Å². The lowest BCUT2D eigenvalue weighted by Gasteiger charge is -2.32. The number of hydrogen-bond donors (Lipinski definition) is 2. The Morgan fingerprint density at radius 1 is 0.906 bits per heavy atom. The minimum absolute atomic E-state index is 0.248. The third-order valence-corrected chi connectivity index (χ3v) is 9.01. The summed E-state index contributed by atoms with van der Waals surface area (Å²) in [4.78, 5) is 2.14. The maximum Gasteiger partial charge on any atom is 0.176 e. The predicted octanol–water partition coefficient (Wildman–Crippen LogP) is 5.84. The fourth-order valence-electron chi connectivity index (χ4n) is 4.07. The van der Waals surface area contributed by atoms with E-state index in [0.29, 0.717) is 42.3 Å². The Hall–Kier alpha value is -2.01. The molecule has 0 spiro atoms. The molecule has 2 aromatic rings. The standard InChI is InChI=1S/C23H26N4O2S3/c1-5-22(3)7-13-15(9-24)19(31-17(13)11-28-22)26-21(30)27-20-16(10-25)14-8-23(4,6-2)29-12-18(14)32-20/h5-8,11-12H2,1-4H3,(H2,26,27,30). The number of rotatable bonds is 4. The van der Waals surface area contributed by atoms with Crippen LogP contribution in [0.1, 0.15) is 72.5 Å². The number of nitrogens with zero attached hydrogens (tertiary/aromatic N) is 2. The Bertz CT molecular complexity index is 1070. The van der Waals surface area contributed by atoms with Gasteiger partial charge in [-0.2, -0.15) is 10.5 Å². The molecule has 4 heterocycles. The van der Waals surface area contributed by atoms with Crippen LogP contribution in [0.25, 0.3) is 0 Å². The average molecular weight is 487 g/mol. The summed E-state index contributed by atoms with van der Waals surface area (Å²) in [6, 6.07) is 4.70. The van der Waals surface area contributed by atoms with Crippen molar-refractivity contribution in [2.75, 3.05) is 10.6 Å². The number of nitriles is 2. The van der Waals surface area contributed by atoms with Crippen molar-refractivity contribution in [2.24, 2.45) is 0 Å². The van der Waals surface area contributed by atoms with Crippen LogP contribution >= 0.6 is 34.9 Å². The average Bonchev–Trinajstić information content (AvgIpc) is 3.28. The molecule has 4 rings (SSSR count). The Balaban J connectivity index is 1.55. The molecule has 0 bridgehead atoms. The van der Waals surface area contributed by atoms with Crippen LogP contribution in [0.4, 0.5) is 10.0 Å². The first kappa shape index (κ1) is 23.2. The molecule has 0 aliphatic carbocycles. The lowest BCUT2D eigenvalue weighted by Crippen LogP contribution is -2.34. The minimum Gasteiger partial charge on any atom is -0.369 e. The van der Waals surface area contributed by atoms with E-state index in [-0.39, 0.29) is 11.2 Å². The van der Waals surface area contributed by atoms with Crippen molar-refractivity contribution in [1.82, 2.24) is 0 Å². The summed E-state index contributed by atoms with van der Waals surface area (Å²) < 4.78 is 12.1. The molecule has 32 heavy (non-hydrogen) atoms. The molecule has 0 amide bonds. The highest BCUT2D eigenvalue weighted by atomic mass is 32.1. The summed E-state index contributed by atoms with van der Waals surface area (Å²) in [6.45, 7) is 9.39. The first-order valence-corrected chi connectivity index (χ1v) is 12.7. The number of thiophene rings is 2. The molecular formula is C23H26N4O2S3. The zero-order valence-electron chi connectivity index (χ0n) is 18.7. The molecule has 168 valence electrons. The molecule has 6 nitrogen and oxygen atoms in total. The van der Waals surface area contributed by atoms with Gasteiger partial charge >= 0.3 is 0 Å². The number of hydrogen-bond acceptors (Lipinski definition) is 7. The van der Waals surface area contributed by atoms with Gasteiger partial charge in [0.1, 0.15) is 22.1 Å². The van der Waals surface area contributed by atoms with E-state index in [1.54, 1.807) is 0 Å². The van der Waals surface area contributed by atoms with Gasteiger partial charge < -0.3 is 20.1 Å². The number of nitrogens with one attached hydrogen (secondary N) is 2. The lowest BCUT2D eigenvalue weighted by atomic mass is 9.90. The van der Waals surface area contributed by atoms with Crippen LogP contribution in [0.3, 0.4) is 0 Å². The molecular weight excluding hydrogens is 460 g/mol. The molecule has 2 unspecified atom stereocenters. The van der Waals surface area contributed by atoms with Gasteiger partial charge in [0.2, 0.25) is 0 Å². The van der Waals surface area contributed by atoms with E-state index in [2.05, 4.69) is 50.5 Å². The van der Waals surface area contributed by atoms with Crippen LogP contribution in [0.5, 0.6) is 0 Å². The Labute approximate surface area is 202 Å². The molecule has 2 N–H and O–H groups in total. The first-order valence-electron chi connectivity index (χ1n) is 10.7. The van der Waals surface area contributed by atoms with Gasteiger partial charge in [0.05, 0.1) is 35.5 Å². The van der Waals surface area contributed by atoms with E-state index in [4.69, 9.17) is 21.7 Å². The van der Waals surface area contributed by atoms with Crippen molar-refractivity contribution in [2.45, 2.75) is 77.8 Å². The summed E-state index contributed by atoms with van der Waals surface area (Å²) in [5.74, 6) is 0. The van der Waals surface area contributed by atoms with E-state index < -0.39 is 0 Å². The lowest BCUT2D eigenvalue weighted by molar-refractivity contribution is -0.0549. The van der Waals surface area contributed by atoms with Crippen LogP contribution in [0.15, 0.2) is 0 Å². The molecule has 0 aromatic carbocycles. The molecule has 0 saturated heterocycles. The second-order valence-electron chi connectivity index (χ2n) is 8.76. The van der Waals surface area contributed by atoms with Crippen LogP contribution in [-0.4, -0.2) is 16.3 Å². The number of thiocarbonyl (C=S) groups is 1. The number of anilines is 2. The Morgan fingerprint density at radius 2 is 1.31 bits per heavy atom. The fourth-order valence-corrected chi connectivity index (χ4v) is 6.57. The van der Waals surface area contributed by atoms with Gasteiger partial charge in [-0.15, -0.1) is 22.7 Å². The number of fused-ring (bicyclic) bond motifs is 2. The van der Waals surface area contributed by atoms with Crippen molar-refractivity contribution in [3.63, 3.8) is 0 Å². The van der Waals surface area contributed by atoms with Gasteiger partial charge in [-0.3, -0.25) is 0 Å². The van der Waals surface area contributed by atoms with Gasteiger partial charge in [-0.25, -0.2) is 0 Å². The van der Waals surface area contributed by atoms with Gasteiger partial charge in [0.25, 0.3) is 0 Å². The highest BCUT2D eigenvalue weighted by Crippen LogP contribution is 2.43. The maximum atomic E-state index is 9.83. The third kappa shape index (κ3) is 4.16. The van der Waals surface area contributed by atoms with Crippen LogP contribution in [0.2, 0.25) is 0 Å². The topological polar surface area (TPSA) is 90.1 Å². The quantitative estimate of drug-likeness (QED) is 0.524. The van der Waals surface area contributed by atoms with E-state index in [1.165, 1.54) is 22.7 Å². The largest absolute Gasteiger partial charge is 0.369 e. The van der Waals surface area contributed by atoms with Crippen molar-refractivity contribution in [3.8, 4) is 12.1 Å². The van der Waals surface area contributed by atoms with Crippen molar-refractivity contribution in [3.05, 3.63) is 32.0 Å². The normalized spacial score (nSPS) is 24.1. The zero-order chi connectivity index (χ0) is 23.1. The molecule has 2 aromatic heterocycles. The van der Waals surface area contributed by atoms with E-state index in [0.717, 1.165) is 43.7 Å². The van der Waals surface area contributed by atoms with E-state index in [9.17, 15) is 10.5 Å². The molecule has 2 aliphatic rings. The number of ether oxygens (including phenoxy) is 2. The minimum atomic E-state index is -0.248. The monoisotopic (exact) mass is 486 g/mol. The Morgan fingerprint density at radius 3 is 1.66 bits per heavy atom. The van der Waals surface area contributed by atoms with Crippen molar-refractivity contribution >= 4 is 50.0 Å². The summed E-state index contributed by atoms with van der Waals surface area (Å²) in [7, 11) is 0. The Kier molecular flexibility index (Phi) is 6.32. The van der Waals surface area contributed by atoms with Crippen molar-refractivity contribution in [1.29, 1.82) is 10.5 Å². The fraction of sp³-hybridized carbons (Fsp3) is 0.522. The van der Waals surface area contributed by atoms with Gasteiger partial charge in [-0.05, 0) is 50.0 Å². The smallest absolute Gasteiger partial charge is 0.176 e. The highest BCUT2D eigenvalue weighted by Gasteiger charge is 2.35. The molecule has 0 saturated carbocycles. The maximum absolute atomic E-state index is 9.83. The highest BCUT2D eigenvalue weighted by molar-refractivity contribution is 7.80. The summed E-state index contributed by atoms with van der Waals surface area (Å²) >= 11 is 8.58. The van der Waals surface area contributed by atoms with Gasteiger partial charge in [-0.1, -0.05) is 13.8 Å². The second kappa shape index (κ2) is 8.74. The third-order valence-electron chi connectivity index (χ3n) is 6.56. The molecule has 2 aliphatic heterocycles. The predicted molar refractivity (Wildman–Crippen MR) is 132 cm³/mol. The molecule has 0 radical (unpaired) electrons. The first-order chi connectivity index (χ1) is 15.2. The van der Waals surface area contributed by atoms with Gasteiger partial charge in [0, 0.05) is 22.6 Å². The molecule has 2 atom stereocenters. The molecule has 9 heteroatoms. The SMILES string of the molecule is CCC1(C)Cc2c(sc(NC(=S)Nc3sc4c(c3C#N)CC(C)(CC)OC4)c2C#N)CO1. The summed E-state index contributed by atoms with van der Waals surface area (Å²) in [5, 5.41) is 27.9. The van der Waals surface area contributed by atoms with Crippen LogP contribution in [-0.2, 0) is 35.5 Å². The van der Waals surface area contributed by atoms with E-state index >= 15 is 0 Å². The zero-order valence-corrected chi connectivity index (χ0v) is 21.1. The van der Waals surface area contributed by atoms with E-state index in [1.807, 2.05) is 0 Å². The summed E-state index contributed by atoms with van der Waals surface area (Å²) in [6.07, 6.45) is 3.20. The van der Waals surface area contributed by atoms with Crippen LogP contribution < -0.4 is 10.6 Å². The summed E-state index contributed by atoms with van der Waals surface area (Å²) in [5.41, 5.74) is 2.88. The van der Waals surface area contributed by atoms with Crippen molar-refractivity contribution < 1.29 is 9.47 Å².